The van der Waals surface area contributed by atoms with E-state index in [0.29, 0.717) is 18.1 Å². The number of amides is 1. The van der Waals surface area contributed by atoms with Crippen LogP contribution in [0.5, 0.6) is 0 Å². The van der Waals surface area contributed by atoms with E-state index in [1.54, 1.807) is 12.4 Å². The average molecular weight is 314 g/mol. The van der Waals surface area contributed by atoms with Gasteiger partial charge in [0.2, 0.25) is 5.95 Å². The number of nitrogens with zero attached hydrogens (tertiary/aromatic N) is 5. The van der Waals surface area contributed by atoms with Crippen LogP contribution in [0.3, 0.4) is 0 Å². The van der Waals surface area contributed by atoms with Gasteiger partial charge in [0.25, 0.3) is 5.91 Å². The van der Waals surface area contributed by atoms with E-state index in [9.17, 15) is 4.79 Å². The fourth-order valence-electron chi connectivity index (χ4n) is 2.87. The predicted octanol–water partition coefficient (Wildman–Crippen LogP) is 1.59. The molecule has 0 saturated carbocycles. The lowest BCUT2D eigenvalue weighted by Crippen LogP contribution is -2.39. The molecule has 1 saturated heterocycles. The van der Waals surface area contributed by atoms with Crippen LogP contribution in [0.4, 0.5) is 5.95 Å². The predicted molar refractivity (Wildman–Crippen MR) is 87.6 cm³/mol. The molecular formula is C16H22N6O. The van der Waals surface area contributed by atoms with E-state index in [4.69, 9.17) is 0 Å². The van der Waals surface area contributed by atoms with Crippen LogP contribution >= 0.6 is 0 Å². The number of likely N-dealkylation sites (tertiary alicyclic amines) is 1. The molecule has 2 aromatic heterocycles. The Bertz CT molecular complexity index is 678. The molecule has 23 heavy (non-hydrogen) atoms. The monoisotopic (exact) mass is 314 g/mol. The first-order valence-electron chi connectivity index (χ1n) is 7.84. The molecule has 1 N–H and O–H groups in total. The van der Waals surface area contributed by atoms with Gasteiger partial charge in [0.1, 0.15) is 5.82 Å². The Labute approximate surface area is 135 Å². The highest BCUT2D eigenvalue weighted by Crippen LogP contribution is 2.25. The summed E-state index contributed by atoms with van der Waals surface area (Å²) in [6.45, 7) is 3.44. The Morgan fingerprint density at radius 2 is 2.00 bits per heavy atom. The first-order chi connectivity index (χ1) is 11.0. The van der Waals surface area contributed by atoms with E-state index in [1.807, 2.05) is 37.0 Å². The molecule has 0 radical (unpaired) electrons. The number of aromatic amines is 1. The van der Waals surface area contributed by atoms with Gasteiger partial charge in [-0.2, -0.15) is 0 Å². The standard InChI is InChI=1S/C16H22N6O/c1-11-7-17-14(20-11)12-5-4-6-22(10-12)15(23)13-8-18-16(19-9-13)21(2)3/h7-9,12H,4-6,10H2,1-3H3,(H,17,20)/t12-/m1/s1. The normalized spacial score (nSPS) is 18.0. The van der Waals surface area contributed by atoms with Crippen LogP contribution in [0.1, 0.15) is 40.6 Å². The number of aromatic nitrogens is 4. The first-order valence-corrected chi connectivity index (χ1v) is 7.84. The molecule has 3 heterocycles. The fraction of sp³-hybridized carbons (Fsp3) is 0.500. The first kappa shape index (κ1) is 15.5. The van der Waals surface area contributed by atoms with Crippen molar-refractivity contribution < 1.29 is 4.79 Å². The van der Waals surface area contributed by atoms with Crippen molar-refractivity contribution in [2.45, 2.75) is 25.7 Å². The zero-order valence-electron chi connectivity index (χ0n) is 13.8. The van der Waals surface area contributed by atoms with Crippen LogP contribution in [0, 0.1) is 6.92 Å². The third-order valence-electron chi connectivity index (χ3n) is 4.10. The average Bonchev–Trinajstić information content (AvgIpc) is 3.01. The van der Waals surface area contributed by atoms with Crippen molar-refractivity contribution in [3.8, 4) is 0 Å². The van der Waals surface area contributed by atoms with Crippen LogP contribution in [0.15, 0.2) is 18.6 Å². The number of hydrogen-bond acceptors (Lipinski definition) is 5. The number of nitrogens with one attached hydrogen (secondary N) is 1. The summed E-state index contributed by atoms with van der Waals surface area (Å²) < 4.78 is 0. The van der Waals surface area contributed by atoms with Crippen LogP contribution < -0.4 is 4.90 Å². The number of H-pyrrole nitrogens is 1. The minimum atomic E-state index is -0.0108. The van der Waals surface area contributed by atoms with Gasteiger partial charge in [0.15, 0.2) is 0 Å². The second kappa shape index (κ2) is 6.36. The lowest BCUT2D eigenvalue weighted by atomic mass is 9.97. The summed E-state index contributed by atoms with van der Waals surface area (Å²) in [6.07, 6.45) is 7.07. The van der Waals surface area contributed by atoms with E-state index < -0.39 is 0 Å². The van der Waals surface area contributed by atoms with Gasteiger partial charge in [-0.05, 0) is 19.8 Å². The van der Waals surface area contributed by atoms with Gasteiger partial charge in [-0.15, -0.1) is 0 Å². The van der Waals surface area contributed by atoms with Crippen molar-refractivity contribution in [1.29, 1.82) is 0 Å². The highest BCUT2D eigenvalue weighted by Gasteiger charge is 2.27. The zero-order chi connectivity index (χ0) is 16.4. The largest absolute Gasteiger partial charge is 0.347 e. The molecule has 1 atom stereocenters. The van der Waals surface area contributed by atoms with Crippen molar-refractivity contribution >= 4 is 11.9 Å². The summed E-state index contributed by atoms with van der Waals surface area (Å²) in [5.41, 5.74) is 1.59. The SMILES string of the molecule is Cc1cnc([C@@H]2CCCN(C(=O)c3cnc(N(C)C)nc3)C2)[nH]1. The number of piperidine rings is 1. The van der Waals surface area contributed by atoms with Crippen molar-refractivity contribution in [3.05, 3.63) is 35.7 Å². The van der Waals surface area contributed by atoms with Crippen LogP contribution in [-0.4, -0.2) is 57.9 Å². The van der Waals surface area contributed by atoms with Gasteiger partial charge < -0.3 is 14.8 Å². The maximum absolute atomic E-state index is 12.7. The third kappa shape index (κ3) is 3.33. The lowest BCUT2D eigenvalue weighted by Gasteiger charge is -2.31. The molecule has 7 nitrogen and oxygen atoms in total. The number of carbonyl (C=O) groups excluding carboxylic acids is 1. The van der Waals surface area contributed by atoms with Crippen molar-refractivity contribution in [2.24, 2.45) is 0 Å². The molecule has 1 aliphatic heterocycles. The van der Waals surface area contributed by atoms with Gasteiger partial charge in [-0.25, -0.2) is 15.0 Å². The molecule has 7 heteroatoms. The maximum Gasteiger partial charge on any atom is 0.257 e. The molecule has 1 aliphatic rings. The number of carbonyl (C=O) groups is 1. The van der Waals surface area contributed by atoms with E-state index in [1.165, 1.54) is 0 Å². The van der Waals surface area contributed by atoms with Gasteiger partial charge in [0.05, 0.1) is 5.56 Å². The highest BCUT2D eigenvalue weighted by molar-refractivity contribution is 5.93. The zero-order valence-corrected chi connectivity index (χ0v) is 13.8. The van der Waals surface area contributed by atoms with Gasteiger partial charge in [-0.1, -0.05) is 0 Å². The summed E-state index contributed by atoms with van der Waals surface area (Å²) >= 11 is 0. The second-order valence-electron chi connectivity index (χ2n) is 6.21. The molecule has 0 aliphatic carbocycles. The molecular weight excluding hydrogens is 292 g/mol. The van der Waals surface area contributed by atoms with Crippen LogP contribution in [0.25, 0.3) is 0 Å². The molecule has 0 bridgehead atoms. The number of anilines is 1. The molecule has 2 aromatic rings. The Morgan fingerprint density at radius 3 is 2.61 bits per heavy atom. The summed E-state index contributed by atoms with van der Waals surface area (Å²) in [5.74, 6) is 1.83. The van der Waals surface area contributed by atoms with Gasteiger partial charge in [0, 0.05) is 57.4 Å². The summed E-state index contributed by atoms with van der Waals surface area (Å²) in [4.78, 5) is 32.5. The molecule has 1 amide bonds. The topological polar surface area (TPSA) is 78.0 Å². The minimum Gasteiger partial charge on any atom is -0.347 e. The fourth-order valence-corrected chi connectivity index (χ4v) is 2.87. The van der Waals surface area contributed by atoms with Crippen LogP contribution in [-0.2, 0) is 0 Å². The molecule has 0 unspecified atom stereocenters. The molecule has 1 fully saturated rings. The third-order valence-corrected chi connectivity index (χ3v) is 4.10. The Balaban J connectivity index is 1.71. The number of aryl methyl sites for hydroxylation is 1. The van der Waals surface area contributed by atoms with Crippen LogP contribution in [0.2, 0.25) is 0 Å². The lowest BCUT2D eigenvalue weighted by molar-refractivity contribution is 0.0704. The quantitative estimate of drug-likeness (QED) is 0.931. The van der Waals surface area contributed by atoms with Crippen molar-refractivity contribution in [2.75, 3.05) is 32.1 Å². The van der Waals surface area contributed by atoms with E-state index in [0.717, 1.165) is 30.9 Å². The van der Waals surface area contributed by atoms with Crippen molar-refractivity contribution in [3.63, 3.8) is 0 Å². The molecule has 0 spiro atoms. The van der Waals surface area contributed by atoms with Crippen molar-refractivity contribution in [1.82, 2.24) is 24.8 Å². The molecule has 122 valence electrons. The minimum absolute atomic E-state index is 0.0108. The molecule has 3 rings (SSSR count). The number of rotatable bonds is 3. The summed E-state index contributed by atoms with van der Waals surface area (Å²) in [6, 6.07) is 0. The van der Waals surface area contributed by atoms with Gasteiger partial charge >= 0.3 is 0 Å². The highest BCUT2D eigenvalue weighted by atomic mass is 16.2. The number of hydrogen-bond donors (Lipinski definition) is 1. The van der Waals surface area contributed by atoms with E-state index >= 15 is 0 Å². The second-order valence-corrected chi connectivity index (χ2v) is 6.21. The molecule has 0 aromatic carbocycles. The summed E-state index contributed by atoms with van der Waals surface area (Å²) in [7, 11) is 3.74. The smallest absolute Gasteiger partial charge is 0.257 e. The summed E-state index contributed by atoms with van der Waals surface area (Å²) in [5, 5.41) is 0. The Morgan fingerprint density at radius 1 is 1.26 bits per heavy atom. The van der Waals surface area contributed by atoms with Gasteiger partial charge in [-0.3, -0.25) is 4.79 Å². The van der Waals surface area contributed by atoms with E-state index in [-0.39, 0.29) is 11.8 Å². The Kier molecular flexibility index (Phi) is 4.27. The maximum atomic E-state index is 12.7. The Hall–Kier alpha value is -2.44. The van der Waals surface area contributed by atoms with E-state index in [2.05, 4.69) is 19.9 Å². The number of imidazole rings is 1.